The van der Waals surface area contributed by atoms with Gasteiger partial charge in [-0.1, -0.05) is 12.1 Å². The summed E-state index contributed by atoms with van der Waals surface area (Å²) in [7, 11) is 0. The van der Waals surface area contributed by atoms with Crippen molar-refractivity contribution in [3.05, 3.63) is 71.9 Å². The summed E-state index contributed by atoms with van der Waals surface area (Å²) >= 11 is 0. The molecule has 0 spiro atoms. The maximum absolute atomic E-state index is 4.58. The van der Waals surface area contributed by atoms with Crippen molar-refractivity contribution in [2.75, 3.05) is 0 Å². The van der Waals surface area contributed by atoms with Crippen LogP contribution in [0, 0.1) is 0 Å². The third-order valence-corrected chi connectivity index (χ3v) is 4.32. The average Bonchev–Trinajstić information content (AvgIpc) is 3.06. The van der Waals surface area contributed by atoms with Gasteiger partial charge in [0.05, 0.1) is 11.9 Å². The van der Waals surface area contributed by atoms with E-state index in [0.29, 0.717) is 6.04 Å². The summed E-state index contributed by atoms with van der Waals surface area (Å²) in [6, 6.07) is 10.3. The zero-order chi connectivity index (χ0) is 15.5. The SMILES string of the molecule is c1ccc(-n2ncc3c2CCCC3NCc2cccnc2)nc1. The first-order valence-corrected chi connectivity index (χ1v) is 8.02. The number of hydrogen-bond acceptors (Lipinski definition) is 4. The summed E-state index contributed by atoms with van der Waals surface area (Å²) in [6.45, 7) is 0.826. The van der Waals surface area contributed by atoms with Gasteiger partial charge in [0.1, 0.15) is 0 Å². The third kappa shape index (κ3) is 2.87. The molecule has 4 rings (SSSR count). The molecule has 0 radical (unpaired) electrons. The lowest BCUT2D eigenvalue weighted by Crippen LogP contribution is -2.25. The first-order chi connectivity index (χ1) is 11.4. The van der Waals surface area contributed by atoms with E-state index in [1.54, 1.807) is 6.20 Å². The topological polar surface area (TPSA) is 55.6 Å². The van der Waals surface area contributed by atoms with Crippen LogP contribution in [0.5, 0.6) is 0 Å². The fourth-order valence-corrected chi connectivity index (χ4v) is 3.19. The maximum atomic E-state index is 4.58. The number of fused-ring (bicyclic) bond motifs is 1. The van der Waals surface area contributed by atoms with Crippen molar-refractivity contribution in [1.82, 2.24) is 25.1 Å². The molecule has 3 heterocycles. The number of aromatic nitrogens is 4. The Morgan fingerprint density at radius 1 is 1.13 bits per heavy atom. The minimum absolute atomic E-state index is 0.344. The molecule has 3 aromatic heterocycles. The lowest BCUT2D eigenvalue weighted by Gasteiger charge is -2.24. The van der Waals surface area contributed by atoms with Gasteiger partial charge in [0, 0.05) is 36.7 Å². The van der Waals surface area contributed by atoms with Gasteiger partial charge in [-0.15, -0.1) is 0 Å². The Bertz CT molecular complexity index is 767. The molecule has 1 atom stereocenters. The van der Waals surface area contributed by atoms with Crippen LogP contribution < -0.4 is 5.32 Å². The first-order valence-electron chi connectivity index (χ1n) is 8.02. The van der Waals surface area contributed by atoms with E-state index in [-0.39, 0.29) is 0 Å². The van der Waals surface area contributed by atoms with Gasteiger partial charge in [0.15, 0.2) is 5.82 Å². The van der Waals surface area contributed by atoms with Gasteiger partial charge in [0.2, 0.25) is 0 Å². The van der Waals surface area contributed by atoms with Gasteiger partial charge >= 0.3 is 0 Å². The Morgan fingerprint density at radius 2 is 2.13 bits per heavy atom. The van der Waals surface area contributed by atoms with E-state index >= 15 is 0 Å². The van der Waals surface area contributed by atoms with Gasteiger partial charge in [-0.25, -0.2) is 9.67 Å². The lowest BCUT2D eigenvalue weighted by atomic mass is 9.93. The molecule has 0 aromatic carbocycles. The average molecular weight is 305 g/mol. The van der Waals surface area contributed by atoms with E-state index in [4.69, 9.17) is 0 Å². The Balaban J connectivity index is 1.56. The molecule has 23 heavy (non-hydrogen) atoms. The highest BCUT2D eigenvalue weighted by atomic mass is 15.3. The van der Waals surface area contributed by atoms with Crippen molar-refractivity contribution in [3.8, 4) is 5.82 Å². The molecule has 1 aliphatic rings. The van der Waals surface area contributed by atoms with Gasteiger partial charge in [-0.2, -0.15) is 5.10 Å². The molecule has 116 valence electrons. The Morgan fingerprint density at radius 3 is 2.96 bits per heavy atom. The number of pyridine rings is 2. The fourth-order valence-electron chi connectivity index (χ4n) is 3.19. The lowest BCUT2D eigenvalue weighted by molar-refractivity contribution is 0.454. The molecular weight excluding hydrogens is 286 g/mol. The number of rotatable bonds is 4. The van der Waals surface area contributed by atoms with Gasteiger partial charge in [-0.05, 0) is 43.0 Å². The van der Waals surface area contributed by atoms with Crippen molar-refractivity contribution < 1.29 is 0 Å². The second kappa shape index (κ2) is 6.30. The molecule has 5 heteroatoms. The fraction of sp³-hybridized carbons (Fsp3) is 0.278. The minimum Gasteiger partial charge on any atom is -0.306 e. The Labute approximate surface area is 135 Å². The second-order valence-corrected chi connectivity index (χ2v) is 5.83. The summed E-state index contributed by atoms with van der Waals surface area (Å²) < 4.78 is 1.98. The zero-order valence-corrected chi connectivity index (χ0v) is 12.9. The molecule has 0 saturated heterocycles. The van der Waals surface area contributed by atoms with E-state index in [1.165, 1.54) is 16.8 Å². The van der Waals surface area contributed by atoms with Gasteiger partial charge in [0.25, 0.3) is 0 Å². The van der Waals surface area contributed by atoms with Crippen LogP contribution in [0.25, 0.3) is 5.82 Å². The van der Waals surface area contributed by atoms with Gasteiger partial charge in [-0.3, -0.25) is 4.98 Å². The van der Waals surface area contributed by atoms with Crippen LogP contribution >= 0.6 is 0 Å². The number of nitrogens with one attached hydrogen (secondary N) is 1. The summed E-state index contributed by atoms with van der Waals surface area (Å²) in [4.78, 5) is 8.59. The normalized spacial score (nSPS) is 17.0. The van der Waals surface area contributed by atoms with Crippen LogP contribution in [0.1, 0.15) is 35.7 Å². The maximum Gasteiger partial charge on any atom is 0.153 e. The van der Waals surface area contributed by atoms with Crippen LogP contribution in [0.2, 0.25) is 0 Å². The molecule has 0 amide bonds. The van der Waals surface area contributed by atoms with E-state index in [1.807, 2.05) is 47.5 Å². The quantitative estimate of drug-likeness (QED) is 0.805. The van der Waals surface area contributed by atoms with Crippen LogP contribution in [-0.2, 0) is 13.0 Å². The second-order valence-electron chi connectivity index (χ2n) is 5.83. The highest BCUT2D eigenvalue weighted by molar-refractivity contribution is 5.32. The number of hydrogen-bond donors (Lipinski definition) is 1. The summed E-state index contributed by atoms with van der Waals surface area (Å²) in [5, 5.41) is 8.22. The zero-order valence-electron chi connectivity index (χ0n) is 12.9. The predicted octanol–water partition coefficient (Wildman–Crippen LogP) is 2.83. The molecule has 0 saturated carbocycles. The molecule has 1 aliphatic carbocycles. The summed E-state index contributed by atoms with van der Waals surface area (Å²) in [5.41, 5.74) is 3.78. The van der Waals surface area contributed by atoms with E-state index in [9.17, 15) is 0 Å². The minimum atomic E-state index is 0.344. The highest BCUT2D eigenvalue weighted by Crippen LogP contribution is 2.30. The third-order valence-electron chi connectivity index (χ3n) is 4.32. The van der Waals surface area contributed by atoms with Crippen LogP contribution in [0.3, 0.4) is 0 Å². The van der Waals surface area contributed by atoms with Crippen molar-refractivity contribution >= 4 is 0 Å². The van der Waals surface area contributed by atoms with Crippen LogP contribution in [-0.4, -0.2) is 19.7 Å². The molecule has 0 bridgehead atoms. The highest BCUT2D eigenvalue weighted by Gasteiger charge is 2.24. The molecule has 1 N–H and O–H groups in total. The molecule has 1 unspecified atom stereocenters. The first kappa shape index (κ1) is 14.1. The van der Waals surface area contributed by atoms with E-state index in [2.05, 4.69) is 26.4 Å². The number of nitrogens with zero attached hydrogens (tertiary/aromatic N) is 4. The molecule has 0 aliphatic heterocycles. The summed E-state index contributed by atoms with van der Waals surface area (Å²) in [6.07, 6.45) is 10.9. The molecule has 5 nitrogen and oxygen atoms in total. The Kier molecular flexibility index (Phi) is 3.86. The summed E-state index contributed by atoms with van der Waals surface area (Å²) in [5.74, 6) is 0.890. The standard InChI is InChI=1S/C18H19N5/c1-2-10-20-18(8-1)23-17-7-3-6-16(15(17)13-22-23)21-12-14-5-4-9-19-11-14/h1-2,4-5,8-11,13,16,21H,3,6-7,12H2. The van der Waals surface area contributed by atoms with E-state index < -0.39 is 0 Å². The monoisotopic (exact) mass is 305 g/mol. The van der Waals surface area contributed by atoms with Gasteiger partial charge < -0.3 is 5.32 Å². The molecule has 0 fully saturated rings. The predicted molar refractivity (Wildman–Crippen MR) is 88.1 cm³/mol. The van der Waals surface area contributed by atoms with Crippen molar-refractivity contribution in [2.24, 2.45) is 0 Å². The Hall–Kier alpha value is -2.53. The van der Waals surface area contributed by atoms with Crippen molar-refractivity contribution in [2.45, 2.75) is 31.8 Å². The smallest absolute Gasteiger partial charge is 0.153 e. The van der Waals surface area contributed by atoms with Crippen LogP contribution in [0.15, 0.2) is 55.1 Å². The van der Waals surface area contributed by atoms with E-state index in [0.717, 1.165) is 31.6 Å². The van der Waals surface area contributed by atoms with Crippen LogP contribution in [0.4, 0.5) is 0 Å². The van der Waals surface area contributed by atoms with Crippen molar-refractivity contribution in [3.63, 3.8) is 0 Å². The molecular formula is C18H19N5. The largest absolute Gasteiger partial charge is 0.306 e. The van der Waals surface area contributed by atoms with Crippen molar-refractivity contribution in [1.29, 1.82) is 0 Å². The molecule has 3 aromatic rings.